The van der Waals surface area contributed by atoms with E-state index in [1.54, 1.807) is 24.0 Å². The number of hydrogen-bond donors (Lipinski definition) is 1. The molecular weight excluding hydrogens is 323 g/mol. The number of likely N-dealkylation sites (tertiary alicyclic amines) is 1. The van der Waals surface area contributed by atoms with Crippen molar-refractivity contribution >= 4 is 22.8 Å². The minimum atomic E-state index is -0.457. The molecule has 6 heteroatoms. The molecule has 0 spiro atoms. The van der Waals surface area contributed by atoms with Crippen LogP contribution in [0.2, 0.25) is 0 Å². The van der Waals surface area contributed by atoms with Crippen molar-refractivity contribution in [2.75, 3.05) is 13.1 Å². The van der Waals surface area contributed by atoms with Gasteiger partial charge in [-0.25, -0.2) is 4.39 Å². The van der Waals surface area contributed by atoms with Gasteiger partial charge < -0.3 is 14.6 Å². The lowest BCUT2D eigenvalue weighted by Crippen LogP contribution is -2.47. The molecule has 2 fully saturated rings. The van der Waals surface area contributed by atoms with E-state index in [0.717, 1.165) is 25.7 Å². The molecule has 1 saturated carbocycles. The van der Waals surface area contributed by atoms with E-state index in [0.29, 0.717) is 24.0 Å². The van der Waals surface area contributed by atoms with Crippen LogP contribution >= 0.6 is 0 Å². The number of halogens is 1. The minimum Gasteiger partial charge on any atom is -0.448 e. The van der Waals surface area contributed by atoms with Gasteiger partial charge in [-0.3, -0.25) is 9.59 Å². The number of piperidine rings is 1. The summed E-state index contributed by atoms with van der Waals surface area (Å²) in [6, 6.07) is 4.83. The van der Waals surface area contributed by atoms with Crippen molar-refractivity contribution in [3.8, 4) is 0 Å². The molecule has 25 heavy (non-hydrogen) atoms. The highest BCUT2D eigenvalue weighted by molar-refractivity contribution is 5.99. The summed E-state index contributed by atoms with van der Waals surface area (Å²) < 4.78 is 19.4. The van der Waals surface area contributed by atoms with Crippen molar-refractivity contribution in [3.63, 3.8) is 0 Å². The number of carbonyl (C=O) groups excluding carboxylic acids is 2. The van der Waals surface area contributed by atoms with E-state index >= 15 is 0 Å². The first-order chi connectivity index (χ1) is 12.0. The smallest absolute Gasteiger partial charge is 0.289 e. The Morgan fingerprint density at radius 3 is 2.56 bits per heavy atom. The van der Waals surface area contributed by atoms with Crippen molar-refractivity contribution in [3.05, 3.63) is 35.3 Å². The maximum absolute atomic E-state index is 13.9. The van der Waals surface area contributed by atoms with Gasteiger partial charge in [-0.15, -0.1) is 0 Å². The van der Waals surface area contributed by atoms with Gasteiger partial charge in [0.05, 0.1) is 0 Å². The Morgan fingerprint density at radius 1 is 1.20 bits per heavy atom. The molecule has 1 aromatic carbocycles. The van der Waals surface area contributed by atoms with Gasteiger partial charge in [0.2, 0.25) is 5.91 Å². The second kappa shape index (κ2) is 6.17. The molecule has 2 aromatic rings. The van der Waals surface area contributed by atoms with E-state index in [-0.39, 0.29) is 35.1 Å². The number of para-hydroxylation sites is 1. The highest BCUT2D eigenvalue weighted by Gasteiger charge is 2.33. The number of amides is 2. The molecule has 2 aliphatic rings. The summed E-state index contributed by atoms with van der Waals surface area (Å²) in [5, 5.41) is 3.70. The van der Waals surface area contributed by atoms with E-state index in [1.807, 2.05) is 0 Å². The molecule has 1 aliphatic carbocycles. The Hall–Kier alpha value is -2.37. The number of carbonyl (C=O) groups is 2. The third kappa shape index (κ3) is 3.01. The summed E-state index contributed by atoms with van der Waals surface area (Å²) in [7, 11) is 0. The van der Waals surface area contributed by atoms with Gasteiger partial charge in [-0.05, 0) is 38.7 Å². The standard InChI is InChI=1S/C19H21FN2O3/c1-11-14-3-2-4-15(20)17(14)25-16(11)19(24)22-9-7-13(8-10-22)21-18(23)12-5-6-12/h2-4,12-13H,5-10H2,1H3,(H,21,23). The van der Waals surface area contributed by atoms with Crippen LogP contribution in [0, 0.1) is 18.7 Å². The van der Waals surface area contributed by atoms with E-state index in [4.69, 9.17) is 4.42 Å². The minimum absolute atomic E-state index is 0.131. The second-order valence-electron chi connectivity index (χ2n) is 7.02. The molecule has 0 atom stereocenters. The van der Waals surface area contributed by atoms with Crippen LogP contribution in [0.25, 0.3) is 11.0 Å². The van der Waals surface area contributed by atoms with Gasteiger partial charge in [-0.2, -0.15) is 0 Å². The predicted octanol–water partition coefficient (Wildman–Crippen LogP) is 3.01. The largest absolute Gasteiger partial charge is 0.448 e. The Balaban J connectivity index is 1.44. The molecule has 2 heterocycles. The fourth-order valence-corrected chi connectivity index (χ4v) is 3.45. The highest BCUT2D eigenvalue weighted by atomic mass is 19.1. The fourth-order valence-electron chi connectivity index (χ4n) is 3.45. The van der Waals surface area contributed by atoms with Gasteiger partial charge in [0.15, 0.2) is 17.2 Å². The molecule has 1 saturated heterocycles. The molecule has 2 amide bonds. The van der Waals surface area contributed by atoms with Crippen LogP contribution in [0.4, 0.5) is 4.39 Å². The summed E-state index contributed by atoms with van der Waals surface area (Å²) in [5.41, 5.74) is 0.804. The lowest BCUT2D eigenvalue weighted by atomic mass is 10.0. The molecule has 4 rings (SSSR count). The van der Waals surface area contributed by atoms with E-state index < -0.39 is 5.82 Å². The van der Waals surface area contributed by atoms with Crippen molar-refractivity contribution < 1.29 is 18.4 Å². The number of furan rings is 1. The number of rotatable bonds is 3. The molecular formula is C19H21FN2O3. The van der Waals surface area contributed by atoms with Crippen LogP contribution in [0.1, 0.15) is 41.8 Å². The Morgan fingerprint density at radius 2 is 1.92 bits per heavy atom. The lowest BCUT2D eigenvalue weighted by molar-refractivity contribution is -0.123. The zero-order valence-electron chi connectivity index (χ0n) is 14.2. The average Bonchev–Trinajstić information content (AvgIpc) is 3.40. The molecule has 0 unspecified atom stereocenters. The van der Waals surface area contributed by atoms with Gasteiger partial charge in [-0.1, -0.05) is 12.1 Å². The summed E-state index contributed by atoms with van der Waals surface area (Å²) in [6.45, 7) is 2.90. The first-order valence-corrected chi connectivity index (χ1v) is 8.82. The predicted molar refractivity (Wildman–Crippen MR) is 90.7 cm³/mol. The van der Waals surface area contributed by atoms with Crippen molar-refractivity contribution in [1.29, 1.82) is 0 Å². The zero-order valence-corrected chi connectivity index (χ0v) is 14.2. The number of nitrogens with one attached hydrogen (secondary N) is 1. The van der Waals surface area contributed by atoms with E-state index in [1.165, 1.54) is 6.07 Å². The first-order valence-electron chi connectivity index (χ1n) is 8.82. The molecule has 1 aliphatic heterocycles. The number of hydrogen-bond acceptors (Lipinski definition) is 3. The normalized spacial score (nSPS) is 18.6. The maximum Gasteiger partial charge on any atom is 0.289 e. The Labute approximate surface area is 145 Å². The van der Waals surface area contributed by atoms with Crippen LogP contribution in [0.5, 0.6) is 0 Å². The van der Waals surface area contributed by atoms with Crippen molar-refractivity contribution in [1.82, 2.24) is 10.2 Å². The third-order valence-corrected chi connectivity index (χ3v) is 5.19. The van der Waals surface area contributed by atoms with E-state index in [9.17, 15) is 14.0 Å². The fraction of sp³-hybridized carbons (Fsp3) is 0.474. The molecule has 0 bridgehead atoms. The summed E-state index contributed by atoms with van der Waals surface area (Å²) in [5.74, 6) is -0.108. The molecule has 5 nitrogen and oxygen atoms in total. The van der Waals surface area contributed by atoms with Gasteiger partial charge >= 0.3 is 0 Å². The van der Waals surface area contributed by atoms with Crippen LogP contribution in [0.15, 0.2) is 22.6 Å². The summed E-state index contributed by atoms with van der Waals surface area (Å²) >= 11 is 0. The maximum atomic E-state index is 13.9. The van der Waals surface area contributed by atoms with Gasteiger partial charge in [0.1, 0.15) is 0 Å². The average molecular weight is 344 g/mol. The summed E-state index contributed by atoms with van der Waals surface area (Å²) in [4.78, 5) is 26.3. The summed E-state index contributed by atoms with van der Waals surface area (Å²) in [6.07, 6.45) is 3.45. The SMILES string of the molecule is Cc1c(C(=O)N2CCC(NC(=O)C3CC3)CC2)oc2c(F)cccc12. The number of fused-ring (bicyclic) bond motifs is 1. The quantitative estimate of drug-likeness (QED) is 0.931. The van der Waals surface area contributed by atoms with Crippen LogP contribution < -0.4 is 5.32 Å². The van der Waals surface area contributed by atoms with Gasteiger partial charge in [0.25, 0.3) is 5.91 Å². The van der Waals surface area contributed by atoms with Crippen molar-refractivity contribution in [2.45, 2.75) is 38.6 Å². The Bertz CT molecular complexity index is 833. The molecule has 1 N–H and O–H groups in total. The topological polar surface area (TPSA) is 62.6 Å². The van der Waals surface area contributed by atoms with Crippen LogP contribution in [0.3, 0.4) is 0 Å². The lowest BCUT2D eigenvalue weighted by Gasteiger charge is -2.32. The number of nitrogens with zero attached hydrogens (tertiary/aromatic N) is 1. The monoisotopic (exact) mass is 344 g/mol. The first kappa shape index (κ1) is 16.1. The second-order valence-corrected chi connectivity index (χ2v) is 7.02. The number of benzene rings is 1. The van der Waals surface area contributed by atoms with Crippen molar-refractivity contribution in [2.24, 2.45) is 5.92 Å². The Kier molecular flexibility index (Phi) is 3.98. The molecule has 0 radical (unpaired) electrons. The van der Waals surface area contributed by atoms with Gasteiger partial charge in [0, 0.05) is 36.0 Å². The van der Waals surface area contributed by atoms with Crippen LogP contribution in [-0.2, 0) is 4.79 Å². The third-order valence-electron chi connectivity index (χ3n) is 5.19. The molecule has 1 aromatic heterocycles. The van der Waals surface area contributed by atoms with Crippen LogP contribution in [-0.4, -0.2) is 35.8 Å². The zero-order chi connectivity index (χ0) is 17.6. The molecule has 132 valence electrons. The van der Waals surface area contributed by atoms with E-state index in [2.05, 4.69) is 5.32 Å². The number of aryl methyl sites for hydroxylation is 1. The highest BCUT2D eigenvalue weighted by Crippen LogP contribution is 2.30.